The molecule has 0 amide bonds. The van der Waals surface area contributed by atoms with Gasteiger partial charge in [0.05, 0.1) is 5.69 Å². The Kier molecular flexibility index (Phi) is 4.21. The van der Waals surface area contributed by atoms with Crippen molar-refractivity contribution < 1.29 is 0 Å². The summed E-state index contributed by atoms with van der Waals surface area (Å²) in [5.74, 6) is 1.77. The van der Waals surface area contributed by atoms with Gasteiger partial charge in [-0.2, -0.15) is 5.10 Å². The average Bonchev–Trinajstić information content (AvgIpc) is 2.60. The van der Waals surface area contributed by atoms with Gasteiger partial charge < -0.3 is 5.32 Å². The molecule has 3 heteroatoms. The molecule has 1 aromatic rings. The fourth-order valence-corrected chi connectivity index (χ4v) is 2.91. The highest BCUT2D eigenvalue weighted by molar-refractivity contribution is 5.14. The molecule has 1 aliphatic carbocycles. The third-order valence-corrected chi connectivity index (χ3v) is 4.13. The fraction of sp³-hybridized carbons (Fsp3) is 0.786. The van der Waals surface area contributed by atoms with Gasteiger partial charge in [0.1, 0.15) is 0 Å². The second-order valence-corrected chi connectivity index (χ2v) is 5.57. The minimum atomic E-state index is 0.876. The van der Waals surface area contributed by atoms with Crippen LogP contribution >= 0.6 is 0 Å². The molecule has 2 atom stereocenters. The monoisotopic (exact) mass is 235 g/mol. The second-order valence-electron chi connectivity index (χ2n) is 5.57. The molecule has 2 rings (SSSR count). The standard InChI is InChI=1S/C14H25N3/c1-11-6-4-5-7-13(11)8-15-9-14-10-17(3)16-12(14)2/h10-11,13,15H,4-9H2,1-3H3. The Bertz CT molecular complexity index is 356. The molecule has 1 N–H and O–H groups in total. The van der Waals surface area contributed by atoms with Crippen LogP contribution in [0, 0.1) is 18.8 Å². The smallest absolute Gasteiger partial charge is 0.0638 e. The Morgan fingerprint density at radius 3 is 2.82 bits per heavy atom. The maximum Gasteiger partial charge on any atom is 0.0638 e. The van der Waals surface area contributed by atoms with Gasteiger partial charge in [0, 0.05) is 25.4 Å². The lowest BCUT2D eigenvalue weighted by molar-refractivity contribution is 0.247. The summed E-state index contributed by atoms with van der Waals surface area (Å²) in [5, 5.41) is 7.97. The quantitative estimate of drug-likeness (QED) is 0.869. The lowest BCUT2D eigenvalue weighted by Gasteiger charge is -2.28. The minimum Gasteiger partial charge on any atom is -0.312 e. The molecule has 0 radical (unpaired) electrons. The summed E-state index contributed by atoms with van der Waals surface area (Å²) < 4.78 is 1.90. The predicted molar refractivity (Wildman–Crippen MR) is 70.8 cm³/mol. The van der Waals surface area contributed by atoms with Gasteiger partial charge >= 0.3 is 0 Å². The molecule has 0 aromatic carbocycles. The van der Waals surface area contributed by atoms with Gasteiger partial charge in [0.15, 0.2) is 0 Å². The first-order valence-electron chi connectivity index (χ1n) is 6.86. The molecular weight excluding hydrogens is 210 g/mol. The Hall–Kier alpha value is -0.830. The van der Waals surface area contributed by atoms with E-state index >= 15 is 0 Å². The zero-order valence-corrected chi connectivity index (χ0v) is 11.4. The summed E-state index contributed by atoms with van der Waals surface area (Å²) in [7, 11) is 1.99. The predicted octanol–water partition coefficient (Wildman–Crippen LogP) is 2.64. The molecule has 1 fully saturated rings. The number of hydrogen-bond acceptors (Lipinski definition) is 2. The molecule has 0 bridgehead atoms. The van der Waals surface area contributed by atoms with E-state index in [1.165, 1.54) is 31.2 Å². The van der Waals surface area contributed by atoms with E-state index in [9.17, 15) is 0 Å². The van der Waals surface area contributed by atoms with Crippen LogP contribution < -0.4 is 5.32 Å². The van der Waals surface area contributed by atoms with Crippen molar-refractivity contribution in [2.45, 2.75) is 46.1 Å². The zero-order chi connectivity index (χ0) is 12.3. The number of hydrogen-bond donors (Lipinski definition) is 1. The molecule has 0 saturated heterocycles. The molecular formula is C14H25N3. The van der Waals surface area contributed by atoms with E-state index in [0.717, 1.165) is 30.6 Å². The van der Waals surface area contributed by atoms with Crippen molar-refractivity contribution >= 4 is 0 Å². The fourth-order valence-electron chi connectivity index (χ4n) is 2.91. The van der Waals surface area contributed by atoms with E-state index in [1.54, 1.807) is 0 Å². The Balaban J connectivity index is 1.77. The number of aromatic nitrogens is 2. The first kappa shape index (κ1) is 12.6. The van der Waals surface area contributed by atoms with Crippen LogP contribution in [0.15, 0.2) is 6.20 Å². The van der Waals surface area contributed by atoms with Crippen LogP contribution in [0.3, 0.4) is 0 Å². The maximum atomic E-state index is 4.37. The molecule has 1 heterocycles. The van der Waals surface area contributed by atoms with E-state index in [1.807, 2.05) is 11.7 Å². The van der Waals surface area contributed by atoms with Crippen LogP contribution in [0.25, 0.3) is 0 Å². The van der Waals surface area contributed by atoms with Crippen molar-refractivity contribution in [3.05, 3.63) is 17.5 Å². The van der Waals surface area contributed by atoms with Crippen molar-refractivity contribution in [2.24, 2.45) is 18.9 Å². The van der Waals surface area contributed by atoms with Gasteiger partial charge in [0.25, 0.3) is 0 Å². The number of nitrogens with zero attached hydrogens (tertiary/aromatic N) is 2. The molecule has 1 aromatic heterocycles. The molecule has 1 saturated carbocycles. The van der Waals surface area contributed by atoms with E-state index in [2.05, 4.69) is 30.5 Å². The summed E-state index contributed by atoms with van der Waals surface area (Å²) in [6.45, 7) is 6.61. The highest BCUT2D eigenvalue weighted by atomic mass is 15.2. The second kappa shape index (κ2) is 5.67. The van der Waals surface area contributed by atoms with Crippen molar-refractivity contribution in [1.29, 1.82) is 0 Å². The summed E-state index contributed by atoms with van der Waals surface area (Å²) in [6, 6.07) is 0. The Morgan fingerprint density at radius 2 is 2.18 bits per heavy atom. The van der Waals surface area contributed by atoms with Gasteiger partial charge in [-0.3, -0.25) is 4.68 Å². The molecule has 96 valence electrons. The molecule has 0 aliphatic heterocycles. The molecule has 17 heavy (non-hydrogen) atoms. The van der Waals surface area contributed by atoms with Crippen molar-refractivity contribution in [3.8, 4) is 0 Å². The van der Waals surface area contributed by atoms with Crippen LogP contribution in [0.5, 0.6) is 0 Å². The first-order chi connectivity index (χ1) is 8.16. The Morgan fingerprint density at radius 1 is 1.41 bits per heavy atom. The third-order valence-electron chi connectivity index (χ3n) is 4.13. The van der Waals surface area contributed by atoms with Crippen LogP contribution in [-0.2, 0) is 13.6 Å². The summed E-state index contributed by atoms with van der Waals surface area (Å²) in [4.78, 5) is 0. The van der Waals surface area contributed by atoms with Crippen LogP contribution in [0.1, 0.15) is 43.9 Å². The van der Waals surface area contributed by atoms with Gasteiger partial charge in [0.2, 0.25) is 0 Å². The topological polar surface area (TPSA) is 29.9 Å². The van der Waals surface area contributed by atoms with E-state index < -0.39 is 0 Å². The van der Waals surface area contributed by atoms with E-state index in [0.29, 0.717) is 0 Å². The van der Waals surface area contributed by atoms with Crippen LogP contribution in [0.4, 0.5) is 0 Å². The molecule has 1 aliphatic rings. The highest BCUT2D eigenvalue weighted by Gasteiger charge is 2.20. The number of rotatable bonds is 4. The van der Waals surface area contributed by atoms with Gasteiger partial charge in [-0.25, -0.2) is 0 Å². The van der Waals surface area contributed by atoms with Crippen molar-refractivity contribution in [3.63, 3.8) is 0 Å². The van der Waals surface area contributed by atoms with Crippen molar-refractivity contribution in [1.82, 2.24) is 15.1 Å². The highest BCUT2D eigenvalue weighted by Crippen LogP contribution is 2.28. The normalized spacial score (nSPS) is 25.1. The number of aryl methyl sites for hydroxylation is 2. The number of nitrogens with one attached hydrogen (secondary N) is 1. The summed E-state index contributed by atoms with van der Waals surface area (Å²) >= 11 is 0. The van der Waals surface area contributed by atoms with E-state index in [-0.39, 0.29) is 0 Å². The van der Waals surface area contributed by atoms with E-state index in [4.69, 9.17) is 0 Å². The SMILES string of the molecule is Cc1nn(C)cc1CNCC1CCCCC1C. The minimum absolute atomic E-state index is 0.876. The lowest BCUT2D eigenvalue weighted by Crippen LogP contribution is -2.29. The summed E-state index contributed by atoms with van der Waals surface area (Å²) in [5.41, 5.74) is 2.48. The van der Waals surface area contributed by atoms with Crippen LogP contribution in [0.2, 0.25) is 0 Å². The molecule has 3 nitrogen and oxygen atoms in total. The Labute approximate surface area is 105 Å². The summed E-state index contributed by atoms with van der Waals surface area (Å²) in [6.07, 6.45) is 7.78. The van der Waals surface area contributed by atoms with Gasteiger partial charge in [-0.15, -0.1) is 0 Å². The van der Waals surface area contributed by atoms with Crippen molar-refractivity contribution in [2.75, 3.05) is 6.54 Å². The largest absolute Gasteiger partial charge is 0.312 e. The lowest BCUT2D eigenvalue weighted by atomic mass is 9.80. The first-order valence-corrected chi connectivity index (χ1v) is 6.86. The molecule has 2 unspecified atom stereocenters. The van der Waals surface area contributed by atoms with Crippen LogP contribution in [-0.4, -0.2) is 16.3 Å². The van der Waals surface area contributed by atoms with Gasteiger partial charge in [-0.1, -0.05) is 26.2 Å². The van der Waals surface area contributed by atoms with Gasteiger partial charge in [-0.05, 0) is 31.7 Å². The zero-order valence-electron chi connectivity index (χ0n) is 11.4. The average molecular weight is 235 g/mol. The maximum absolute atomic E-state index is 4.37. The molecule has 0 spiro atoms. The third kappa shape index (κ3) is 3.32.